The number of hydrogen-bond acceptors (Lipinski definition) is 4. The van der Waals surface area contributed by atoms with E-state index in [1.54, 1.807) is 10.7 Å². The summed E-state index contributed by atoms with van der Waals surface area (Å²) in [6.45, 7) is 4.86. The van der Waals surface area contributed by atoms with Crippen molar-refractivity contribution in [3.63, 3.8) is 0 Å². The molecular formula is C14H24N4O. The van der Waals surface area contributed by atoms with Crippen LogP contribution in [0.3, 0.4) is 0 Å². The van der Waals surface area contributed by atoms with E-state index in [9.17, 15) is 4.79 Å². The summed E-state index contributed by atoms with van der Waals surface area (Å²) in [6, 6.07) is 2.12. The molecule has 0 aromatic carbocycles. The van der Waals surface area contributed by atoms with Gasteiger partial charge in [0.15, 0.2) is 0 Å². The molecule has 0 aliphatic carbocycles. The summed E-state index contributed by atoms with van der Waals surface area (Å²) < 4.78 is 1.56. The van der Waals surface area contributed by atoms with Crippen LogP contribution in [0.4, 0.5) is 5.69 Å². The van der Waals surface area contributed by atoms with Crippen LogP contribution < -0.4 is 15.8 Å². The average molecular weight is 264 g/mol. The average Bonchev–Trinajstić information content (AvgIpc) is 2.46. The van der Waals surface area contributed by atoms with E-state index < -0.39 is 0 Å². The molecule has 1 aliphatic rings. The van der Waals surface area contributed by atoms with E-state index in [2.05, 4.69) is 22.2 Å². The number of rotatable bonds is 5. The second-order valence-corrected chi connectivity index (χ2v) is 5.30. The van der Waals surface area contributed by atoms with Crippen LogP contribution in [-0.4, -0.2) is 36.0 Å². The Morgan fingerprint density at radius 2 is 2.11 bits per heavy atom. The van der Waals surface area contributed by atoms with Crippen molar-refractivity contribution in [1.29, 1.82) is 0 Å². The molecule has 1 aliphatic heterocycles. The number of nitrogens with one attached hydrogen (secondary N) is 1. The quantitative estimate of drug-likeness (QED) is 0.869. The fourth-order valence-electron chi connectivity index (χ4n) is 2.38. The summed E-state index contributed by atoms with van der Waals surface area (Å²) >= 11 is 0. The highest BCUT2D eigenvalue weighted by Gasteiger charge is 2.12. The van der Waals surface area contributed by atoms with Crippen molar-refractivity contribution in [3.8, 4) is 0 Å². The van der Waals surface area contributed by atoms with E-state index in [4.69, 9.17) is 0 Å². The Bertz CT molecular complexity index is 451. The number of aromatic nitrogens is 2. The Morgan fingerprint density at radius 3 is 2.74 bits per heavy atom. The van der Waals surface area contributed by atoms with Crippen molar-refractivity contribution in [1.82, 2.24) is 15.1 Å². The zero-order chi connectivity index (χ0) is 13.7. The van der Waals surface area contributed by atoms with Crippen molar-refractivity contribution in [2.45, 2.75) is 45.2 Å². The summed E-state index contributed by atoms with van der Waals surface area (Å²) in [7, 11) is 1.93. The normalized spacial score (nSPS) is 17.5. The number of hydrogen-bond donors (Lipinski definition) is 1. The smallest absolute Gasteiger partial charge is 0.268 e. The Kier molecular flexibility index (Phi) is 4.96. The molecule has 2 heterocycles. The summed E-state index contributed by atoms with van der Waals surface area (Å²) in [6.07, 6.45) is 6.46. The predicted molar refractivity (Wildman–Crippen MR) is 77.7 cm³/mol. The van der Waals surface area contributed by atoms with Gasteiger partial charge in [-0.25, -0.2) is 4.68 Å². The van der Waals surface area contributed by atoms with E-state index in [0.29, 0.717) is 12.6 Å². The molecule has 5 nitrogen and oxygen atoms in total. The van der Waals surface area contributed by atoms with Crippen molar-refractivity contribution in [2.75, 3.05) is 25.0 Å². The zero-order valence-corrected chi connectivity index (χ0v) is 11.9. The number of piperidine rings is 1. The minimum Gasteiger partial charge on any atom is -0.370 e. The molecule has 1 saturated heterocycles. The fraction of sp³-hybridized carbons (Fsp3) is 0.714. The minimum atomic E-state index is 0.00590. The first kappa shape index (κ1) is 14.1. The molecule has 1 aromatic rings. The second-order valence-electron chi connectivity index (χ2n) is 5.30. The van der Waals surface area contributed by atoms with Crippen LogP contribution in [0.15, 0.2) is 17.1 Å². The molecule has 1 N–H and O–H groups in total. The lowest BCUT2D eigenvalue weighted by molar-refractivity contribution is 0.470. The maximum Gasteiger partial charge on any atom is 0.268 e. The molecule has 106 valence electrons. The number of anilines is 1. The molecule has 1 unspecified atom stereocenters. The molecule has 0 amide bonds. The Morgan fingerprint density at radius 1 is 1.37 bits per heavy atom. The fourth-order valence-corrected chi connectivity index (χ4v) is 2.38. The number of nitrogens with zero attached hydrogens (tertiary/aromatic N) is 3. The number of aryl methyl sites for hydroxylation is 1. The van der Waals surface area contributed by atoms with Gasteiger partial charge < -0.3 is 10.2 Å². The van der Waals surface area contributed by atoms with Gasteiger partial charge in [0.1, 0.15) is 0 Å². The molecule has 2 rings (SSSR count). The highest BCUT2D eigenvalue weighted by atomic mass is 16.1. The molecule has 0 spiro atoms. The van der Waals surface area contributed by atoms with Gasteiger partial charge in [-0.3, -0.25) is 4.79 Å². The van der Waals surface area contributed by atoms with E-state index in [1.807, 2.05) is 13.2 Å². The minimum absolute atomic E-state index is 0.00590. The summed E-state index contributed by atoms with van der Waals surface area (Å²) in [5, 5.41) is 7.46. The monoisotopic (exact) mass is 264 g/mol. The van der Waals surface area contributed by atoms with Gasteiger partial charge in [-0.2, -0.15) is 5.10 Å². The maximum atomic E-state index is 12.0. The van der Waals surface area contributed by atoms with Gasteiger partial charge in [0, 0.05) is 31.7 Å². The maximum absolute atomic E-state index is 12.0. The lowest BCUT2D eigenvalue weighted by atomic mass is 10.1. The first-order valence-corrected chi connectivity index (χ1v) is 7.20. The van der Waals surface area contributed by atoms with Crippen LogP contribution in [0.2, 0.25) is 0 Å². The summed E-state index contributed by atoms with van der Waals surface area (Å²) in [5.74, 6) is 0. The predicted octanol–water partition coefficient (Wildman–Crippen LogP) is 1.23. The summed E-state index contributed by atoms with van der Waals surface area (Å²) in [4.78, 5) is 14.3. The largest absolute Gasteiger partial charge is 0.370 e. The van der Waals surface area contributed by atoms with Gasteiger partial charge in [-0.05, 0) is 39.7 Å². The molecule has 19 heavy (non-hydrogen) atoms. The van der Waals surface area contributed by atoms with E-state index >= 15 is 0 Å². The molecule has 0 radical (unpaired) electrons. The third-order valence-corrected chi connectivity index (χ3v) is 3.84. The molecule has 1 aromatic heterocycles. The second kappa shape index (κ2) is 6.70. The molecule has 0 bridgehead atoms. The van der Waals surface area contributed by atoms with E-state index in [1.165, 1.54) is 19.3 Å². The van der Waals surface area contributed by atoms with Gasteiger partial charge in [0.25, 0.3) is 5.56 Å². The van der Waals surface area contributed by atoms with Gasteiger partial charge in [0.2, 0.25) is 0 Å². The van der Waals surface area contributed by atoms with E-state index in [-0.39, 0.29) is 5.56 Å². The van der Waals surface area contributed by atoms with Gasteiger partial charge in [-0.1, -0.05) is 0 Å². The van der Waals surface area contributed by atoms with Crippen LogP contribution in [0.25, 0.3) is 0 Å². The van der Waals surface area contributed by atoms with Crippen LogP contribution in [0, 0.1) is 0 Å². The Balaban J connectivity index is 2.02. The lowest BCUT2D eigenvalue weighted by Gasteiger charge is -2.28. The standard InChI is InChI=1S/C14H24N4O/c1-12(15-2)6-9-18-14(19)10-13(11-16-18)17-7-4-3-5-8-17/h10-12,15H,3-9H2,1-2H3. The van der Waals surface area contributed by atoms with Crippen molar-refractivity contribution in [3.05, 3.63) is 22.6 Å². The van der Waals surface area contributed by atoms with Crippen LogP contribution in [0.5, 0.6) is 0 Å². The zero-order valence-electron chi connectivity index (χ0n) is 11.9. The van der Waals surface area contributed by atoms with E-state index in [0.717, 1.165) is 25.2 Å². The molecule has 1 atom stereocenters. The molecule has 1 fully saturated rings. The molecule has 0 saturated carbocycles. The van der Waals surface area contributed by atoms with Gasteiger partial charge in [-0.15, -0.1) is 0 Å². The van der Waals surface area contributed by atoms with Crippen LogP contribution in [0.1, 0.15) is 32.6 Å². The molecule has 5 heteroatoms. The first-order valence-electron chi connectivity index (χ1n) is 7.20. The van der Waals surface area contributed by atoms with Crippen molar-refractivity contribution >= 4 is 5.69 Å². The highest BCUT2D eigenvalue weighted by molar-refractivity contribution is 5.43. The SMILES string of the molecule is CNC(C)CCn1ncc(N2CCCCC2)cc1=O. The van der Waals surface area contributed by atoms with Crippen molar-refractivity contribution in [2.24, 2.45) is 0 Å². The third kappa shape index (κ3) is 3.80. The lowest BCUT2D eigenvalue weighted by Crippen LogP contribution is -2.32. The van der Waals surface area contributed by atoms with Crippen LogP contribution >= 0.6 is 0 Å². The topological polar surface area (TPSA) is 50.2 Å². The Hall–Kier alpha value is -1.36. The first-order chi connectivity index (χ1) is 9.20. The van der Waals surface area contributed by atoms with Gasteiger partial charge in [0.05, 0.1) is 11.9 Å². The van der Waals surface area contributed by atoms with Crippen molar-refractivity contribution < 1.29 is 0 Å². The highest BCUT2D eigenvalue weighted by Crippen LogP contribution is 2.16. The molecular weight excluding hydrogens is 240 g/mol. The van der Waals surface area contributed by atoms with Crippen LogP contribution in [-0.2, 0) is 6.54 Å². The third-order valence-electron chi connectivity index (χ3n) is 3.84. The van der Waals surface area contributed by atoms with Gasteiger partial charge >= 0.3 is 0 Å². The Labute approximate surface area is 114 Å². The summed E-state index contributed by atoms with van der Waals surface area (Å²) in [5.41, 5.74) is 0.981.